The molecule has 17 nitrogen and oxygen atoms in total. The van der Waals surface area contributed by atoms with Crippen LogP contribution in [0.5, 0.6) is 0 Å². The van der Waals surface area contributed by atoms with Crippen molar-refractivity contribution >= 4 is 133 Å². The van der Waals surface area contributed by atoms with E-state index in [0.717, 1.165) is 25.4 Å². The third-order valence-electron chi connectivity index (χ3n) is 5.35. The summed E-state index contributed by atoms with van der Waals surface area (Å²) in [5.41, 5.74) is -0.387. The second-order valence-electron chi connectivity index (χ2n) is 8.58. The standard InChI is InChI=1S/C13H10ClN3O4S2.C10H16N2O8.2Na/c1-17-10(13(19)16-9-4-2-3-5-15-9)11(18)12-7(23(17,20)21)6-8(14)22-12;13-7(14)3-11(4-8(15)16)1-2-12(5-9(17)18)6-10(19)20;;/h2-6,18H,1H3,(H,15,16,19);1-6H2,(H,13,14)(H,15,16)(H,17,18)(H,19,20);;. The molecule has 1 aliphatic heterocycles. The number of amides is 1. The van der Waals surface area contributed by atoms with Gasteiger partial charge in [-0.3, -0.25) is 38.1 Å². The fraction of sp³-hybridized carbons (Fsp3) is 0.304. The van der Waals surface area contributed by atoms with Crippen molar-refractivity contribution in [3.8, 4) is 0 Å². The van der Waals surface area contributed by atoms with Crippen LogP contribution >= 0.6 is 22.9 Å². The Kier molecular flexibility index (Phi) is 18.4. The Labute approximate surface area is 309 Å². The first kappa shape index (κ1) is 42.7. The molecule has 2 aromatic rings. The zero-order chi connectivity index (χ0) is 32.5. The molecule has 45 heavy (non-hydrogen) atoms. The number of sulfonamides is 1. The van der Waals surface area contributed by atoms with Crippen LogP contribution in [0.2, 0.25) is 4.34 Å². The SMILES string of the molecule is CN1C(C(=O)Nc2ccccn2)=C(O)c2sc(Cl)cc2S1(=O)=O.O=C(O)CN(CCN(CC(=O)O)CC(=O)O)CC(=O)O.[Na].[Na]. The molecule has 0 unspecified atom stereocenters. The van der Waals surface area contributed by atoms with Gasteiger partial charge in [-0.25, -0.2) is 13.4 Å². The van der Waals surface area contributed by atoms with E-state index >= 15 is 0 Å². The molecule has 2 radical (unpaired) electrons. The topological polar surface area (TPSA) is 255 Å². The Morgan fingerprint density at radius 2 is 1.38 bits per heavy atom. The predicted octanol–water partition coefficient (Wildman–Crippen LogP) is -0.537. The zero-order valence-corrected chi connectivity index (χ0v) is 30.6. The summed E-state index contributed by atoms with van der Waals surface area (Å²) in [5.74, 6) is -5.91. The number of likely N-dealkylation sites (N-methyl/N-ethyl adjacent to an activating group) is 1. The van der Waals surface area contributed by atoms with Gasteiger partial charge in [-0.05, 0) is 18.2 Å². The number of carbonyl (C=O) groups is 5. The van der Waals surface area contributed by atoms with Crippen LogP contribution < -0.4 is 5.32 Å². The molecular formula is C23H26ClN5Na2O12S2. The molecule has 0 fully saturated rings. The summed E-state index contributed by atoms with van der Waals surface area (Å²) in [6.45, 7) is -2.25. The number of aliphatic hydroxyl groups is 1. The maximum atomic E-state index is 12.5. The molecule has 236 valence electrons. The number of hydrogen-bond donors (Lipinski definition) is 6. The number of pyridine rings is 1. The number of aliphatic hydroxyl groups excluding tert-OH is 1. The zero-order valence-electron chi connectivity index (χ0n) is 24.2. The van der Waals surface area contributed by atoms with Crippen molar-refractivity contribution in [2.45, 2.75) is 4.90 Å². The van der Waals surface area contributed by atoms with Crippen LogP contribution in [0.15, 0.2) is 41.1 Å². The van der Waals surface area contributed by atoms with E-state index in [9.17, 15) is 37.5 Å². The van der Waals surface area contributed by atoms with Crippen molar-refractivity contribution in [3.63, 3.8) is 0 Å². The summed E-state index contributed by atoms with van der Waals surface area (Å²) in [7, 11) is -2.77. The van der Waals surface area contributed by atoms with E-state index in [4.69, 9.17) is 32.0 Å². The number of aromatic nitrogens is 1. The maximum absolute atomic E-state index is 12.5. The number of carbonyl (C=O) groups excluding carboxylic acids is 1. The third kappa shape index (κ3) is 13.1. The predicted molar refractivity (Wildman–Crippen MR) is 162 cm³/mol. The van der Waals surface area contributed by atoms with Gasteiger partial charge in [0, 0.05) is 85.4 Å². The van der Waals surface area contributed by atoms with E-state index in [1.54, 1.807) is 18.2 Å². The van der Waals surface area contributed by atoms with E-state index in [0.29, 0.717) is 0 Å². The Morgan fingerprint density at radius 1 is 0.911 bits per heavy atom. The normalized spacial score (nSPS) is 13.0. The number of aliphatic carboxylic acids is 4. The van der Waals surface area contributed by atoms with E-state index in [-0.39, 0.29) is 97.8 Å². The van der Waals surface area contributed by atoms with Gasteiger partial charge in [0.2, 0.25) is 0 Å². The molecule has 0 saturated heterocycles. The molecule has 22 heteroatoms. The Morgan fingerprint density at radius 3 is 1.78 bits per heavy atom. The van der Waals surface area contributed by atoms with Crippen LogP contribution in [-0.2, 0) is 34.0 Å². The van der Waals surface area contributed by atoms with Crippen LogP contribution in [0, 0.1) is 0 Å². The van der Waals surface area contributed by atoms with E-state index in [1.807, 2.05) is 0 Å². The van der Waals surface area contributed by atoms with E-state index in [2.05, 4.69) is 10.3 Å². The molecule has 0 spiro atoms. The number of fused-ring (bicyclic) bond motifs is 1. The minimum Gasteiger partial charge on any atom is -0.504 e. The van der Waals surface area contributed by atoms with Crippen LogP contribution in [-0.4, -0.2) is 188 Å². The number of hydrogen-bond acceptors (Lipinski definition) is 12. The van der Waals surface area contributed by atoms with E-state index < -0.39 is 71.7 Å². The van der Waals surface area contributed by atoms with Crippen molar-refractivity contribution in [2.75, 3.05) is 51.6 Å². The van der Waals surface area contributed by atoms with Crippen LogP contribution in [0.4, 0.5) is 5.82 Å². The average molecular weight is 710 g/mol. The van der Waals surface area contributed by atoms with Gasteiger partial charge in [0.1, 0.15) is 10.7 Å². The van der Waals surface area contributed by atoms with Crippen LogP contribution in [0.1, 0.15) is 4.88 Å². The van der Waals surface area contributed by atoms with Gasteiger partial charge in [-0.1, -0.05) is 17.7 Å². The first-order valence-electron chi connectivity index (χ1n) is 11.8. The molecule has 3 rings (SSSR count). The molecule has 0 atom stereocenters. The van der Waals surface area contributed by atoms with Crippen molar-refractivity contribution in [3.05, 3.63) is 45.4 Å². The molecule has 2 aromatic heterocycles. The molecule has 6 N–H and O–H groups in total. The molecule has 1 amide bonds. The number of halogens is 1. The van der Waals surface area contributed by atoms with Gasteiger partial charge in [0.05, 0.1) is 35.4 Å². The van der Waals surface area contributed by atoms with Gasteiger partial charge >= 0.3 is 23.9 Å². The summed E-state index contributed by atoms with van der Waals surface area (Å²) < 4.78 is 25.9. The van der Waals surface area contributed by atoms with Gasteiger partial charge < -0.3 is 30.8 Å². The quantitative estimate of drug-likeness (QED) is 0.143. The summed E-state index contributed by atoms with van der Waals surface area (Å²) in [4.78, 5) is 60.6. The molecule has 1 aliphatic rings. The number of anilines is 1. The summed E-state index contributed by atoms with van der Waals surface area (Å²) >= 11 is 6.73. The summed E-state index contributed by atoms with van der Waals surface area (Å²) in [5, 5.41) is 47.2. The molecule has 3 heterocycles. The Hall–Kier alpha value is -2.30. The number of rotatable bonds is 13. The van der Waals surface area contributed by atoms with Gasteiger partial charge in [-0.2, -0.15) is 0 Å². The largest absolute Gasteiger partial charge is 0.504 e. The Balaban J connectivity index is 0.000000834. The minimum absolute atomic E-state index is 0. The number of thiophene rings is 1. The fourth-order valence-corrected chi connectivity index (χ4v) is 6.51. The van der Waals surface area contributed by atoms with Gasteiger partial charge in [0.25, 0.3) is 15.9 Å². The van der Waals surface area contributed by atoms with Crippen molar-refractivity contribution in [1.29, 1.82) is 0 Å². The van der Waals surface area contributed by atoms with Crippen molar-refractivity contribution in [1.82, 2.24) is 19.1 Å². The summed E-state index contributed by atoms with van der Waals surface area (Å²) in [6, 6.07) is 6.12. The molecule has 0 bridgehead atoms. The minimum atomic E-state index is -3.96. The number of carboxylic acid groups (broad SMARTS) is 4. The van der Waals surface area contributed by atoms with E-state index in [1.165, 1.54) is 19.3 Å². The fourth-order valence-electron chi connectivity index (χ4n) is 3.57. The number of nitrogens with one attached hydrogen (secondary N) is 1. The molecule has 0 aromatic carbocycles. The average Bonchev–Trinajstić information content (AvgIpc) is 3.29. The van der Waals surface area contributed by atoms with Crippen molar-refractivity contribution < 1.29 is 57.9 Å². The smallest absolute Gasteiger partial charge is 0.317 e. The second kappa shape index (κ2) is 19.4. The maximum Gasteiger partial charge on any atom is 0.317 e. The Bertz CT molecular complexity index is 1460. The summed E-state index contributed by atoms with van der Waals surface area (Å²) in [6.07, 6.45) is 1.47. The van der Waals surface area contributed by atoms with Gasteiger partial charge in [-0.15, -0.1) is 11.3 Å². The third-order valence-corrected chi connectivity index (χ3v) is 8.53. The number of carboxylic acids is 4. The van der Waals surface area contributed by atoms with Crippen LogP contribution in [0.3, 0.4) is 0 Å². The first-order valence-corrected chi connectivity index (χ1v) is 14.4. The van der Waals surface area contributed by atoms with Gasteiger partial charge in [0.15, 0.2) is 11.5 Å². The molecule has 0 aliphatic carbocycles. The molecule has 0 saturated carbocycles. The monoisotopic (exact) mass is 709 g/mol. The first-order chi connectivity index (χ1) is 20.0. The second-order valence-corrected chi connectivity index (χ2v) is 12.2. The van der Waals surface area contributed by atoms with Crippen molar-refractivity contribution in [2.24, 2.45) is 0 Å². The molecular weight excluding hydrogens is 684 g/mol. The number of nitrogens with zero attached hydrogens (tertiary/aromatic N) is 4. The van der Waals surface area contributed by atoms with Crippen LogP contribution in [0.25, 0.3) is 5.76 Å².